The molecule has 0 amide bonds. The molecule has 0 aromatic heterocycles. The van der Waals surface area contributed by atoms with Crippen LogP contribution >= 0.6 is 23.4 Å². The Morgan fingerprint density at radius 1 is 1.21 bits per heavy atom. The van der Waals surface area contributed by atoms with Gasteiger partial charge < -0.3 is 5.32 Å². The highest BCUT2D eigenvalue weighted by molar-refractivity contribution is 8.00. The zero-order chi connectivity index (χ0) is 20.1. The number of nitrogens with zero attached hydrogens (tertiary/aromatic N) is 1. The molecule has 1 atom stereocenters. The average Bonchev–Trinajstić information content (AvgIpc) is 2.77. The summed E-state index contributed by atoms with van der Waals surface area (Å²) in [5.41, 5.74) is 2.91. The van der Waals surface area contributed by atoms with Gasteiger partial charge in [0, 0.05) is 39.7 Å². The number of anilines is 1. The zero-order valence-electron chi connectivity index (χ0n) is 15.5. The third-order valence-electron chi connectivity index (χ3n) is 5.07. The number of rotatable bonds is 2. The molecule has 7 heteroatoms. The monoisotopic (exact) mass is 414 g/mol. The second kappa shape index (κ2) is 6.94. The molecular weight excluding hydrogens is 396 g/mol. The van der Waals surface area contributed by atoms with Crippen molar-refractivity contribution in [3.8, 4) is 0 Å². The van der Waals surface area contributed by atoms with E-state index < -0.39 is 10.2 Å². The van der Waals surface area contributed by atoms with Gasteiger partial charge in [0.15, 0.2) is 5.78 Å². The maximum atomic E-state index is 13.2. The molecule has 5 nitrogen and oxygen atoms in total. The number of para-hydroxylation sites is 1. The lowest BCUT2D eigenvalue weighted by Gasteiger charge is -2.34. The van der Waals surface area contributed by atoms with Gasteiger partial charge in [0.25, 0.3) is 5.69 Å². The van der Waals surface area contributed by atoms with E-state index in [-0.39, 0.29) is 16.9 Å². The third kappa shape index (κ3) is 3.42. The van der Waals surface area contributed by atoms with Gasteiger partial charge in [0.1, 0.15) is 0 Å². The molecule has 2 aromatic rings. The predicted octanol–water partition coefficient (Wildman–Crippen LogP) is 6.15. The van der Waals surface area contributed by atoms with Crippen LogP contribution in [0.5, 0.6) is 0 Å². The van der Waals surface area contributed by atoms with E-state index in [1.54, 1.807) is 0 Å². The van der Waals surface area contributed by atoms with E-state index in [0.717, 1.165) is 22.7 Å². The molecule has 1 aliphatic heterocycles. The summed E-state index contributed by atoms with van der Waals surface area (Å²) in [7, 11) is 0. The number of allylic oxidation sites excluding steroid dienone is 1. The average molecular weight is 415 g/mol. The zero-order valence-corrected chi connectivity index (χ0v) is 17.1. The summed E-state index contributed by atoms with van der Waals surface area (Å²) in [6.07, 6.45) is 1.17. The van der Waals surface area contributed by atoms with Crippen LogP contribution in [0.3, 0.4) is 0 Å². The maximum Gasteiger partial charge on any atom is 0.269 e. The number of nitrogens with one attached hydrogen (secondary N) is 1. The minimum atomic E-state index is -0.436. The van der Waals surface area contributed by atoms with Crippen molar-refractivity contribution in [2.45, 2.75) is 36.8 Å². The first-order valence-electron chi connectivity index (χ1n) is 8.98. The van der Waals surface area contributed by atoms with Crippen molar-refractivity contribution >= 4 is 40.5 Å². The van der Waals surface area contributed by atoms with Gasteiger partial charge in [-0.15, -0.1) is 11.8 Å². The summed E-state index contributed by atoms with van der Waals surface area (Å²) in [5, 5.41) is 14.8. The molecule has 0 radical (unpaired) electrons. The molecule has 28 heavy (non-hydrogen) atoms. The lowest BCUT2D eigenvalue weighted by molar-refractivity contribution is -0.384. The first kappa shape index (κ1) is 19.0. The number of carbonyl (C=O) groups excluding carboxylic acids is 1. The van der Waals surface area contributed by atoms with Crippen LogP contribution in [0.4, 0.5) is 11.4 Å². The van der Waals surface area contributed by atoms with Crippen LogP contribution in [-0.2, 0) is 4.79 Å². The molecule has 4 rings (SSSR count). The smallest absolute Gasteiger partial charge is 0.269 e. The Morgan fingerprint density at radius 2 is 1.96 bits per heavy atom. The number of thioether (sulfide) groups is 1. The Hall–Kier alpha value is -2.31. The number of fused-ring (bicyclic) bond motifs is 1. The van der Waals surface area contributed by atoms with Gasteiger partial charge in [-0.1, -0.05) is 37.6 Å². The first-order chi connectivity index (χ1) is 13.2. The number of halogens is 1. The number of nitro groups is 1. The molecule has 1 unspecified atom stereocenters. The maximum absolute atomic E-state index is 13.2. The highest BCUT2D eigenvalue weighted by Gasteiger charge is 2.40. The number of nitro benzene ring substituents is 1. The number of hydrogen-bond donors (Lipinski definition) is 1. The van der Waals surface area contributed by atoms with Crippen LogP contribution in [0.2, 0.25) is 5.02 Å². The van der Waals surface area contributed by atoms with Crippen LogP contribution in [0, 0.1) is 15.5 Å². The molecular formula is C21H19ClN2O3S. The Morgan fingerprint density at radius 3 is 2.71 bits per heavy atom. The van der Waals surface area contributed by atoms with Crippen molar-refractivity contribution in [2.24, 2.45) is 5.41 Å². The van der Waals surface area contributed by atoms with Crippen molar-refractivity contribution in [2.75, 3.05) is 5.32 Å². The normalized spacial score (nSPS) is 20.7. The number of carbonyl (C=O) groups is 1. The van der Waals surface area contributed by atoms with Gasteiger partial charge in [-0.3, -0.25) is 14.9 Å². The van der Waals surface area contributed by atoms with E-state index >= 15 is 0 Å². The van der Waals surface area contributed by atoms with Gasteiger partial charge in [0.2, 0.25) is 0 Å². The van der Waals surface area contributed by atoms with Gasteiger partial charge in [-0.2, -0.15) is 0 Å². The summed E-state index contributed by atoms with van der Waals surface area (Å²) >= 11 is 7.97. The molecule has 1 heterocycles. The van der Waals surface area contributed by atoms with Crippen molar-refractivity contribution in [3.63, 3.8) is 0 Å². The fourth-order valence-electron chi connectivity index (χ4n) is 3.84. The molecule has 2 aliphatic rings. The van der Waals surface area contributed by atoms with Crippen LogP contribution < -0.4 is 5.32 Å². The number of benzene rings is 2. The highest BCUT2D eigenvalue weighted by atomic mass is 35.5. The van der Waals surface area contributed by atoms with Gasteiger partial charge in [-0.05, 0) is 35.6 Å². The fourth-order valence-corrected chi connectivity index (χ4v) is 5.50. The number of ketones is 1. The molecule has 1 N–H and O–H groups in total. The van der Waals surface area contributed by atoms with Crippen molar-refractivity contribution in [1.82, 2.24) is 0 Å². The number of Topliss-reactive ketones (excluding diaryl/α,β-unsaturated/α-hetero) is 1. The topological polar surface area (TPSA) is 72.2 Å². The molecule has 144 valence electrons. The van der Waals surface area contributed by atoms with E-state index in [1.165, 1.54) is 30.0 Å². The molecule has 1 aliphatic carbocycles. The van der Waals surface area contributed by atoms with Crippen molar-refractivity contribution < 1.29 is 9.72 Å². The van der Waals surface area contributed by atoms with Crippen molar-refractivity contribution in [1.29, 1.82) is 0 Å². The molecule has 0 saturated heterocycles. The molecule has 0 fully saturated rings. The Kier molecular flexibility index (Phi) is 4.71. The quantitative estimate of drug-likeness (QED) is 0.471. The third-order valence-corrected chi connectivity index (χ3v) is 6.75. The highest BCUT2D eigenvalue weighted by Crippen LogP contribution is 2.53. The lowest BCUT2D eigenvalue weighted by Crippen LogP contribution is -2.29. The van der Waals surface area contributed by atoms with Crippen LogP contribution in [0.1, 0.15) is 37.5 Å². The number of hydrogen-bond acceptors (Lipinski definition) is 5. The van der Waals surface area contributed by atoms with E-state index in [4.69, 9.17) is 11.6 Å². The second-order valence-corrected chi connectivity index (χ2v) is 9.47. The Labute approximate surface area is 172 Å². The van der Waals surface area contributed by atoms with Crippen LogP contribution in [0.25, 0.3) is 0 Å². The summed E-state index contributed by atoms with van der Waals surface area (Å²) < 4.78 is 0. The van der Waals surface area contributed by atoms with Crippen molar-refractivity contribution in [3.05, 3.63) is 74.4 Å². The number of non-ortho nitro benzene ring substituents is 1. The first-order valence-corrected chi connectivity index (χ1v) is 10.2. The standard InChI is InChI=1S/C21H19ClN2O3S/c1-21(2)10-16-19(17(25)11-21)20(28-18-6-4-3-5-15(18)23-16)13-9-12(24(26)27)7-8-14(13)22/h3-9,20,23H,10-11H2,1-2H3. The lowest BCUT2D eigenvalue weighted by atomic mass is 9.74. The molecule has 0 spiro atoms. The Balaban J connectivity index is 1.93. The van der Waals surface area contributed by atoms with Crippen LogP contribution in [-0.4, -0.2) is 10.7 Å². The second-order valence-electron chi connectivity index (χ2n) is 7.92. The van der Waals surface area contributed by atoms with E-state index in [0.29, 0.717) is 22.6 Å². The predicted molar refractivity (Wildman–Crippen MR) is 112 cm³/mol. The molecule has 0 bridgehead atoms. The SMILES string of the molecule is CC1(C)CC(=O)C2=C(C1)Nc1ccccc1SC2c1cc([N+](=O)[O-])ccc1Cl. The van der Waals surface area contributed by atoms with E-state index in [1.807, 2.05) is 24.3 Å². The van der Waals surface area contributed by atoms with Gasteiger partial charge in [0.05, 0.1) is 15.9 Å². The van der Waals surface area contributed by atoms with Crippen LogP contribution in [0.15, 0.2) is 58.6 Å². The van der Waals surface area contributed by atoms with Gasteiger partial charge >= 0.3 is 0 Å². The summed E-state index contributed by atoms with van der Waals surface area (Å²) in [6, 6.07) is 12.3. The minimum absolute atomic E-state index is 0.0313. The largest absolute Gasteiger partial charge is 0.358 e. The van der Waals surface area contributed by atoms with Gasteiger partial charge in [-0.25, -0.2) is 0 Å². The molecule has 2 aromatic carbocycles. The summed E-state index contributed by atoms with van der Waals surface area (Å²) in [6.45, 7) is 4.16. The summed E-state index contributed by atoms with van der Waals surface area (Å²) in [4.78, 5) is 25.0. The Bertz CT molecular complexity index is 1030. The van der Waals surface area contributed by atoms with E-state index in [2.05, 4.69) is 19.2 Å². The molecule has 0 saturated carbocycles. The summed E-state index contributed by atoms with van der Waals surface area (Å²) in [5.74, 6) is 0.0617. The fraction of sp³-hybridized carbons (Fsp3) is 0.286. The minimum Gasteiger partial charge on any atom is -0.358 e. The van der Waals surface area contributed by atoms with E-state index in [9.17, 15) is 14.9 Å².